The minimum Gasteiger partial charge on any atom is -0.467 e. The van der Waals surface area contributed by atoms with Crippen molar-refractivity contribution < 1.29 is 17.6 Å². The summed E-state index contributed by atoms with van der Waals surface area (Å²) < 4.78 is 32.3. The molecule has 2 aromatic rings. The first-order valence-corrected chi connectivity index (χ1v) is 11.7. The molecule has 1 aliphatic rings. The summed E-state index contributed by atoms with van der Waals surface area (Å²) in [6.07, 6.45) is 5.48. The van der Waals surface area contributed by atoms with Gasteiger partial charge < -0.3 is 9.32 Å². The Hall–Kier alpha value is -2.63. The van der Waals surface area contributed by atoms with Gasteiger partial charge in [-0.15, -0.1) is 0 Å². The van der Waals surface area contributed by atoms with Gasteiger partial charge in [-0.1, -0.05) is 18.6 Å². The minimum atomic E-state index is -3.45. The highest BCUT2D eigenvalue weighted by atomic mass is 32.2. The van der Waals surface area contributed by atoms with Crippen LogP contribution in [-0.2, 0) is 27.8 Å². The van der Waals surface area contributed by atoms with Gasteiger partial charge in [0.15, 0.2) is 0 Å². The second-order valence-corrected chi connectivity index (χ2v) is 9.35. The van der Waals surface area contributed by atoms with Crippen LogP contribution in [0.1, 0.15) is 43.4 Å². The molecule has 3 rings (SSSR count). The van der Waals surface area contributed by atoms with Crippen LogP contribution in [0.2, 0.25) is 0 Å². The number of piperidine rings is 1. The molecule has 1 aromatic heterocycles. The third-order valence-electron chi connectivity index (χ3n) is 5.28. The molecule has 1 aromatic carbocycles. The number of nitriles is 1. The smallest absolute Gasteiger partial charge is 0.243 e. The van der Waals surface area contributed by atoms with Gasteiger partial charge in [0.25, 0.3) is 0 Å². The number of amides is 1. The molecule has 0 atom stereocenters. The van der Waals surface area contributed by atoms with Gasteiger partial charge in [-0.25, -0.2) is 8.42 Å². The number of carbonyl (C=O) groups excluding carboxylic acids is 1. The second-order valence-electron chi connectivity index (χ2n) is 7.41. The van der Waals surface area contributed by atoms with E-state index >= 15 is 0 Å². The number of sulfonamides is 1. The first kappa shape index (κ1) is 22.1. The number of rotatable bonds is 9. The van der Waals surface area contributed by atoms with Crippen LogP contribution in [-0.4, -0.2) is 43.2 Å². The zero-order chi connectivity index (χ0) is 21.4. The topological polar surface area (TPSA) is 94.6 Å². The molecule has 0 unspecified atom stereocenters. The van der Waals surface area contributed by atoms with Crippen LogP contribution in [0.5, 0.6) is 0 Å². The van der Waals surface area contributed by atoms with Crippen molar-refractivity contribution in [3.8, 4) is 6.07 Å². The summed E-state index contributed by atoms with van der Waals surface area (Å²) in [6.45, 7) is 1.84. The molecule has 0 saturated carbocycles. The lowest BCUT2D eigenvalue weighted by molar-refractivity contribution is -0.132. The van der Waals surface area contributed by atoms with E-state index in [1.54, 1.807) is 51.9 Å². The van der Waals surface area contributed by atoms with Crippen LogP contribution in [0.25, 0.3) is 0 Å². The summed E-state index contributed by atoms with van der Waals surface area (Å²) in [5.74, 6) is 0.611. The molecule has 1 aliphatic heterocycles. The Morgan fingerprint density at radius 2 is 1.87 bits per heavy atom. The van der Waals surface area contributed by atoms with Crippen LogP contribution in [0.15, 0.2) is 52.0 Å². The number of nitrogens with zero attached hydrogens (tertiary/aromatic N) is 3. The van der Waals surface area contributed by atoms with Gasteiger partial charge in [0.1, 0.15) is 5.76 Å². The van der Waals surface area contributed by atoms with E-state index < -0.39 is 10.0 Å². The molecule has 0 N–H and O–H groups in total. The first-order chi connectivity index (χ1) is 14.5. The Labute approximate surface area is 177 Å². The van der Waals surface area contributed by atoms with Crippen molar-refractivity contribution in [2.24, 2.45) is 0 Å². The fourth-order valence-corrected chi connectivity index (χ4v) is 5.08. The molecule has 7 nitrogen and oxygen atoms in total. The predicted molar refractivity (Wildman–Crippen MR) is 112 cm³/mol. The maximum absolute atomic E-state index is 12.7. The van der Waals surface area contributed by atoms with Gasteiger partial charge in [-0.3, -0.25) is 4.79 Å². The van der Waals surface area contributed by atoms with E-state index in [9.17, 15) is 13.2 Å². The molecular formula is C22H27N3O4S. The second kappa shape index (κ2) is 10.4. The molecule has 1 saturated heterocycles. The van der Waals surface area contributed by atoms with Crippen molar-refractivity contribution in [1.82, 2.24) is 9.21 Å². The van der Waals surface area contributed by atoms with Crippen molar-refractivity contribution in [1.29, 1.82) is 5.26 Å². The number of aryl methyl sites for hydroxylation is 1. The van der Waals surface area contributed by atoms with Crippen LogP contribution >= 0.6 is 0 Å². The zero-order valence-electron chi connectivity index (χ0n) is 17.0. The van der Waals surface area contributed by atoms with Gasteiger partial charge in [0, 0.05) is 26.1 Å². The Bertz CT molecular complexity index is 957. The SMILES string of the molecule is N#CCCN(Cc1ccco1)C(=O)CCc1ccc(S(=O)(=O)N2CCCCC2)cc1. The fourth-order valence-electron chi connectivity index (χ4n) is 3.56. The van der Waals surface area contributed by atoms with Gasteiger partial charge in [-0.05, 0) is 49.1 Å². The third-order valence-corrected chi connectivity index (χ3v) is 7.19. The van der Waals surface area contributed by atoms with Crippen molar-refractivity contribution >= 4 is 15.9 Å². The number of furan rings is 1. The first-order valence-electron chi connectivity index (χ1n) is 10.3. The van der Waals surface area contributed by atoms with Crippen molar-refractivity contribution in [3.63, 3.8) is 0 Å². The zero-order valence-corrected chi connectivity index (χ0v) is 17.8. The summed E-state index contributed by atoms with van der Waals surface area (Å²) in [5, 5.41) is 8.85. The average Bonchev–Trinajstić information content (AvgIpc) is 3.29. The van der Waals surface area contributed by atoms with Crippen molar-refractivity contribution in [2.45, 2.75) is 50.0 Å². The predicted octanol–water partition coefficient (Wildman–Crippen LogP) is 3.33. The lowest BCUT2D eigenvalue weighted by Crippen LogP contribution is -2.35. The third kappa shape index (κ3) is 5.71. The molecule has 2 heterocycles. The summed E-state index contributed by atoms with van der Waals surface area (Å²) in [6, 6.07) is 12.4. The molecule has 0 aliphatic carbocycles. The van der Waals surface area contributed by atoms with Crippen LogP contribution < -0.4 is 0 Å². The van der Waals surface area contributed by atoms with E-state index in [0.717, 1.165) is 24.8 Å². The summed E-state index contributed by atoms with van der Waals surface area (Å²) in [7, 11) is -3.45. The average molecular weight is 430 g/mol. The Morgan fingerprint density at radius 1 is 1.13 bits per heavy atom. The fraction of sp³-hybridized carbons (Fsp3) is 0.455. The van der Waals surface area contributed by atoms with Gasteiger partial charge in [0.05, 0.1) is 30.2 Å². The number of carbonyl (C=O) groups is 1. The highest BCUT2D eigenvalue weighted by molar-refractivity contribution is 7.89. The largest absolute Gasteiger partial charge is 0.467 e. The number of hydrogen-bond acceptors (Lipinski definition) is 5. The minimum absolute atomic E-state index is 0.0633. The van der Waals surface area contributed by atoms with Gasteiger partial charge in [-0.2, -0.15) is 9.57 Å². The standard InChI is InChI=1S/C22H27N3O4S/c23-13-5-14-24(18-20-6-4-17-29-20)22(26)12-9-19-7-10-21(11-8-19)30(27,28)25-15-2-1-3-16-25/h4,6-8,10-11,17H,1-3,5,9,12,14-16,18H2. The lowest BCUT2D eigenvalue weighted by atomic mass is 10.1. The molecule has 0 spiro atoms. The van der Waals surface area contributed by atoms with Crippen molar-refractivity contribution in [3.05, 3.63) is 54.0 Å². The van der Waals surface area contributed by atoms with E-state index in [4.69, 9.17) is 9.68 Å². The van der Waals surface area contributed by atoms with Gasteiger partial charge in [0.2, 0.25) is 15.9 Å². The molecule has 1 fully saturated rings. The van der Waals surface area contributed by atoms with Crippen LogP contribution in [0, 0.1) is 11.3 Å². The highest BCUT2D eigenvalue weighted by Gasteiger charge is 2.25. The van der Waals surface area contributed by atoms with Gasteiger partial charge >= 0.3 is 0 Å². The quantitative estimate of drug-likeness (QED) is 0.609. The molecule has 30 heavy (non-hydrogen) atoms. The number of hydrogen-bond donors (Lipinski definition) is 0. The monoisotopic (exact) mass is 429 g/mol. The van der Waals surface area contributed by atoms with Crippen LogP contribution in [0.3, 0.4) is 0 Å². The van der Waals surface area contributed by atoms with E-state index in [1.165, 1.54) is 0 Å². The highest BCUT2D eigenvalue weighted by Crippen LogP contribution is 2.21. The Morgan fingerprint density at radius 3 is 2.50 bits per heavy atom. The molecule has 1 amide bonds. The van der Waals surface area contributed by atoms with E-state index in [-0.39, 0.29) is 18.7 Å². The summed E-state index contributed by atoms with van der Waals surface area (Å²) in [5.41, 5.74) is 0.902. The molecule has 0 bridgehead atoms. The van der Waals surface area contributed by atoms with E-state index in [0.29, 0.717) is 43.3 Å². The maximum Gasteiger partial charge on any atom is 0.243 e. The van der Waals surface area contributed by atoms with E-state index in [2.05, 4.69) is 6.07 Å². The number of benzene rings is 1. The molecule has 160 valence electrons. The Kier molecular flexibility index (Phi) is 7.66. The molecular weight excluding hydrogens is 402 g/mol. The van der Waals surface area contributed by atoms with Crippen LogP contribution in [0.4, 0.5) is 0 Å². The molecule has 8 heteroatoms. The van der Waals surface area contributed by atoms with Crippen molar-refractivity contribution in [2.75, 3.05) is 19.6 Å². The summed E-state index contributed by atoms with van der Waals surface area (Å²) >= 11 is 0. The maximum atomic E-state index is 12.7. The van der Waals surface area contributed by atoms with E-state index in [1.807, 2.05) is 0 Å². The normalized spacial score (nSPS) is 14.9. The Balaban J connectivity index is 1.59. The molecule has 0 radical (unpaired) electrons. The summed E-state index contributed by atoms with van der Waals surface area (Å²) in [4.78, 5) is 14.6. The lowest BCUT2D eigenvalue weighted by Gasteiger charge is -2.25.